The number of hydroxylamine groups is 2. The molecule has 2 heterocycles. The van der Waals surface area contributed by atoms with E-state index < -0.39 is 0 Å². The zero-order chi connectivity index (χ0) is 13.5. The van der Waals surface area contributed by atoms with Crippen LogP contribution in [0.15, 0.2) is 24.3 Å². The first kappa shape index (κ1) is 12.6. The van der Waals surface area contributed by atoms with E-state index in [0.29, 0.717) is 19.7 Å². The van der Waals surface area contributed by atoms with Gasteiger partial charge in [-0.25, -0.2) is 9.45 Å². The Morgan fingerprint density at radius 1 is 1.42 bits per heavy atom. The standard InChI is InChI=1S/C14H17FN2O2/c1-14(8-16-9-14)13(18)17-12(6-7-19-17)10-2-4-11(15)5-3-10/h2-5,12,16H,6-9H2,1H3/t12-/m0/s1. The highest BCUT2D eigenvalue weighted by Gasteiger charge is 2.46. The molecule has 4 nitrogen and oxygen atoms in total. The normalized spacial score (nSPS) is 25.2. The van der Waals surface area contributed by atoms with E-state index in [-0.39, 0.29) is 23.2 Å². The molecule has 1 aromatic rings. The van der Waals surface area contributed by atoms with E-state index in [1.54, 1.807) is 12.1 Å². The molecule has 0 saturated carbocycles. The smallest absolute Gasteiger partial charge is 0.255 e. The zero-order valence-corrected chi connectivity index (χ0v) is 10.9. The predicted octanol–water partition coefficient (Wildman–Crippen LogP) is 1.64. The fourth-order valence-corrected chi connectivity index (χ4v) is 2.57. The van der Waals surface area contributed by atoms with Crippen LogP contribution in [0.2, 0.25) is 0 Å². The second kappa shape index (κ2) is 4.58. The van der Waals surface area contributed by atoms with Gasteiger partial charge in [-0.2, -0.15) is 0 Å². The molecule has 1 amide bonds. The molecule has 5 heteroatoms. The minimum absolute atomic E-state index is 0.0121. The van der Waals surface area contributed by atoms with Gasteiger partial charge in [-0.1, -0.05) is 12.1 Å². The molecule has 1 atom stereocenters. The number of carbonyl (C=O) groups is 1. The quantitative estimate of drug-likeness (QED) is 0.883. The van der Waals surface area contributed by atoms with Crippen LogP contribution in [-0.2, 0) is 9.63 Å². The molecule has 0 unspecified atom stereocenters. The number of carbonyl (C=O) groups excluding carboxylic acids is 1. The molecule has 19 heavy (non-hydrogen) atoms. The number of hydrogen-bond acceptors (Lipinski definition) is 3. The van der Waals surface area contributed by atoms with Crippen LogP contribution < -0.4 is 5.32 Å². The zero-order valence-electron chi connectivity index (χ0n) is 10.9. The monoisotopic (exact) mass is 264 g/mol. The lowest BCUT2D eigenvalue weighted by molar-refractivity contribution is -0.190. The molecule has 0 aromatic heterocycles. The van der Waals surface area contributed by atoms with Gasteiger partial charge in [0.15, 0.2) is 0 Å². The average molecular weight is 264 g/mol. The second-order valence-electron chi connectivity index (χ2n) is 5.48. The molecule has 0 radical (unpaired) electrons. The number of nitrogens with zero attached hydrogens (tertiary/aromatic N) is 1. The predicted molar refractivity (Wildman–Crippen MR) is 67.5 cm³/mol. The van der Waals surface area contributed by atoms with Crippen molar-refractivity contribution in [3.63, 3.8) is 0 Å². The SMILES string of the molecule is CC1(C(=O)N2OCC[C@H]2c2ccc(F)cc2)CNC1. The summed E-state index contributed by atoms with van der Waals surface area (Å²) in [6.45, 7) is 3.83. The van der Waals surface area contributed by atoms with E-state index in [1.165, 1.54) is 17.2 Å². The average Bonchev–Trinajstić information content (AvgIpc) is 2.85. The van der Waals surface area contributed by atoms with Gasteiger partial charge in [0.25, 0.3) is 5.91 Å². The molecule has 1 aromatic carbocycles. The number of hydrogen-bond donors (Lipinski definition) is 1. The fraction of sp³-hybridized carbons (Fsp3) is 0.500. The summed E-state index contributed by atoms with van der Waals surface area (Å²) in [4.78, 5) is 18.0. The van der Waals surface area contributed by atoms with Crippen LogP contribution in [0.3, 0.4) is 0 Å². The molecule has 3 rings (SSSR count). The molecule has 102 valence electrons. The summed E-state index contributed by atoms with van der Waals surface area (Å²) >= 11 is 0. The van der Waals surface area contributed by atoms with E-state index in [0.717, 1.165) is 12.0 Å². The van der Waals surface area contributed by atoms with Crippen molar-refractivity contribution in [2.45, 2.75) is 19.4 Å². The lowest BCUT2D eigenvalue weighted by Gasteiger charge is -2.40. The van der Waals surface area contributed by atoms with Gasteiger partial charge in [-0.3, -0.25) is 9.63 Å². The first-order valence-electron chi connectivity index (χ1n) is 6.53. The van der Waals surface area contributed by atoms with Crippen molar-refractivity contribution in [2.75, 3.05) is 19.7 Å². The van der Waals surface area contributed by atoms with Gasteiger partial charge < -0.3 is 5.32 Å². The third kappa shape index (κ3) is 2.13. The van der Waals surface area contributed by atoms with Gasteiger partial charge >= 0.3 is 0 Å². The Morgan fingerprint density at radius 2 is 2.11 bits per heavy atom. The van der Waals surface area contributed by atoms with Crippen LogP contribution in [0.1, 0.15) is 24.9 Å². The first-order chi connectivity index (χ1) is 9.10. The summed E-state index contributed by atoms with van der Waals surface area (Å²) < 4.78 is 13.0. The molecule has 2 saturated heterocycles. The van der Waals surface area contributed by atoms with Crippen LogP contribution in [0.4, 0.5) is 4.39 Å². The number of benzene rings is 1. The van der Waals surface area contributed by atoms with Crippen molar-refractivity contribution < 1.29 is 14.0 Å². The maximum atomic E-state index is 13.0. The minimum Gasteiger partial charge on any atom is -0.315 e. The van der Waals surface area contributed by atoms with Crippen molar-refractivity contribution in [3.05, 3.63) is 35.6 Å². The third-order valence-corrected chi connectivity index (χ3v) is 3.91. The highest BCUT2D eigenvalue weighted by Crippen LogP contribution is 2.35. The molecule has 1 N–H and O–H groups in total. The van der Waals surface area contributed by atoms with Crippen LogP contribution in [-0.4, -0.2) is 30.7 Å². The topological polar surface area (TPSA) is 41.6 Å². The Morgan fingerprint density at radius 3 is 2.68 bits per heavy atom. The lowest BCUT2D eigenvalue weighted by atomic mass is 9.82. The molecule has 2 aliphatic heterocycles. The van der Waals surface area contributed by atoms with Gasteiger partial charge in [-0.05, 0) is 24.6 Å². The summed E-state index contributed by atoms with van der Waals surface area (Å²) in [6.07, 6.45) is 0.751. The summed E-state index contributed by atoms with van der Waals surface area (Å²) in [6, 6.07) is 6.17. The van der Waals surface area contributed by atoms with E-state index in [2.05, 4.69) is 5.32 Å². The van der Waals surface area contributed by atoms with Crippen molar-refractivity contribution >= 4 is 5.91 Å². The van der Waals surface area contributed by atoms with E-state index in [4.69, 9.17) is 4.84 Å². The molecule has 0 bridgehead atoms. The third-order valence-electron chi connectivity index (χ3n) is 3.91. The number of amides is 1. The molecule has 0 spiro atoms. The van der Waals surface area contributed by atoms with E-state index >= 15 is 0 Å². The minimum atomic E-state index is -0.372. The Kier molecular flexibility index (Phi) is 3.03. The van der Waals surface area contributed by atoms with Gasteiger partial charge in [0.2, 0.25) is 0 Å². The van der Waals surface area contributed by atoms with Gasteiger partial charge in [0, 0.05) is 19.5 Å². The molecule has 0 aliphatic carbocycles. The van der Waals surface area contributed by atoms with E-state index in [1.807, 2.05) is 6.92 Å². The van der Waals surface area contributed by atoms with Gasteiger partial charge in [0.1, 0.15) is 5.82 Å². The number of halogens is 1. The maximum Gasteiger partial charge on any atom is 0.255 e. The van der Waals surface area contributed by atoms with Gasteiger partial charge in [0.05, 0.1) is 18.1 Å². The van der Waals surface area contributed by atoms with Crippen LogP contribution in [0.25, 0.3) is 0 Å². The summed E-state index contributed by atoms with van der Waals surface area (Å²) in [7, 11) is 0. The Labute approximate surface area is 111 Å². The first-order valence-corrected chi connectivity index (χ1v) is 6.53. The van der Waals surface area contributed by atoms with E-state index in [9.17, 15) is 9.18 Å². The van der Waals surface area contributed by atoms with Crippen molar-refractivity contribution in [3.8, 4) is 0 Å². The van der Waals surface area contributed by atoms with Crippen LogP contribution >= 0.6 is 0 Å². The highest BCUT2D eigenvalue weighted by atomic mass is 19.1. The Balaban J connectivity index is 1.81. The fourth-order valence-electron chi connectivity index (χ4n) is 2.57. The number of rotatable bonds is 2. The molecular weight excluding hydrogens is 247 g/mol. The highest BCUT2D eigenvalue weighted by molar-refractivity contribution is 5.83. The van der Waals surface area contributed by atoms with Crippen molar-refractivity contribution in [2.24, 2.45) is 5.41 Å². The Hall–Kier alpha value is -1.46. The summed E-state index contributed by atoms with van der Waals surface area (Å²) in [5.74, 6) is -0.256. The molecule has 2 fully saturated rings. The summed E-state index contributed by atoms with van der Waals surface area (Å²) in [5.41, 5.74) is 0.547. The lowest BCUT2D eigenvalue weighted by Crippen LogP contribution is -2.60. The van der Waals surface area contributed by atoms with Crippen LogP contribution in [0, 0.1) is 11.2 Å². The van der Waals surface area contributed by atoms with Crippen molar-refractivity contribution in [1.82, 2.24) is 10.4 Å². The van der Waals surface area contributed by atoms with Crippen molar-refractivity contribution in [1.29, 1.82) is 0 Å². The molecular formula is C14H17FN2O2. The Bertz CT molecular complexity index is 485. The summed E-state index contributed by atoms with van der Waals surface area (Å²) in [5, 5.41) is 4.60. The molecule has 2 aliphatic rings. The largest absolute Gasteiger partial charge is 0.315 e. The number of nitrogens with one attached hydrogen (secondary N) is 1. The van der Waals surface area contributed by atoms with Gasteiger partial charge in [-0.15, -0.1) is 0 Å². The second-order valence-corrected chi connectivity index (χ2v) is 5.48. The van der Waals surface area contributed by atoms with Crippen LogP contribution in [0.5, 0.6) is 0 Å². The maximum absolute atomic E-state index is 13.0.